The van der Waals surface area contributed by atoms with E-state index in [1.807, 2.05) is 6.08 Å². The van der Waals surface area contributed by atoms with Crippen molar-refractivity contribution in [2.24, 2.45) is 0 Å². The molecule has 5 heteroatoms. The molecular weight excluding hydrogens is 296 g/mol. The van der Waals surface area contributed by atoms with E-state index in [4.69, 9.17) is 4.74 Å². The second-order valence-electron chi connectivity index (χ2n) is 5.74. The van der Waals surface area contributed by atoms with E-state index in [0.717, 1.165) is 42.7 Å². The zero-order valence-electron chi connectivity index (χ0n) is 13.6. The molecule has 1 fully saturated rings. The number of allylic oxidation sites excluding steroid dienone is 1. The molecule has 0 aliphatic carbocycles. The topological polar surface area (TPSA) is 45.6 Å². The molecule has 1 saturated heterocycles. The molecule has 0 amide bonds. The van der Waals surface area contributed by atoms with E-state index in [1.54, 1.807) is 11.3 Å². The summed E-state index contributed by atoms with van der Waals surface area (Å²) in [5, 5.41) is 10.9. The zero-order valence-corrected chi connectivity index (χ0v) is 14.4. The van der Waals surface area contributed by atoms with Gasteiger partial charge in [0.25, 0.3) is 0 Å². The third-order valence-corrected chi connectivity index (χ3v) is 4.97. The van der Waals surface area contributed by atoms with Crippen molar-refractivity contribution in [3.8, 4) is 5.88 Å². The normalized spacial score (nSPS) is 15.8. The number of aromatic hydroxyl groups is 1. The second kappa shape index (κ2) is 9.85. The lowest BCUT2D eigenvalue weighted by Crippen LogP contribution is -2.36. The van der Waals surface area contributed by atoms with Gasteiger partial charge in [0, 0.05) is 13.1 Å². The van der Waals surface area contributed by atoms with Crippen LogP contribution in [0.3, 0.4) is 0 Å². The molecule has 1 aromatic heterocycles. The molecule has 0 radical (unpaired) electrons. The Kier molecular flexibility index (Phi) is 7.74. The minimum atomic E-state index is 0.158. The number of hydrogen-bond acceptors (Lipinski definition) is 5. The standard InChI is InChI=1S/C17H28N2O2S/c1-2-3-4-5-6-7-8-9-10-15-16(20)18-17(22-15)19-11-13-21-14-12-19/h9-10,20H,2-8,11-14H2,1H3. The summed E-state index contributed by atoms with van der Waals surface area (Å²) in [4.78, 5) is 7.32. The van der Waals surface area contributed by atoms with E-state index in [1.165, 1.54) is 38.5 Å². The summed E-state index contributed by atoms with van der Waals surface area (Å²) in [6.07, 6.45) is 13.2. The van der Waals surface area contributed by atoms with Crippen LogP contribution in [0.2, 0.25) is 0 Å². The van der Waals surface area contributed by atoms with Crippen LogP contribution in [-0.4, -0.2) is 36.4 Å². The molecule has 0 bridgehead atoms. The van der Waals surface area contributed by atoms with Crippen LogP contribution in [0.1, 0.15) is 56.7 Å². The smallest absolute Gasteiger partial charge is 0.231 e. The number of nitrogens with zero attached hydrogens (tertiary/aromatic N) is 2. The largest absolute Gasteiger partial charge is 0.492 e. The van der Waals surface area contributed by atoms with Crippen molar-refractivity contribution >= 4 is 22.5 Å². The molecular formula is C17H28N2O2S. The molecule has 124 valence electrons. The fourth-order valence-corrected chi connectivity index (χ4v) is 3.49. The van der Waals surface area contributed by atoms with E-state index in [2.05, 4.69) is 22.9 Å². The van der Waals surface area contributed by atoms with Crippen LogP contribution < -0.4 is 4.90 Å². The molecule has 0 unspecified atom stereocenters. The van der Waals surface area contributed by atoms with E-state index in [9.17, 15) is 5.11 Å². The van der Waals surface area contributed by atoms with Gasteiger partial charge < -0.3 is 14.7 Å². The Bertz CT molecular complexity index is 454. The van der Waals surface area contributed by atoms with E-state index < -0.39 is 0 Å². The van der Waals surface area contributed by atoms with Gasteiger partial charge in [0.15, 0.2) is 5.13 Å². The SMILES string of the molecule is CCCCCCCCC=Cc1sc(N2CCOCC2)nc1O. The molecule has 0 saturated carbocycles. The first-order valence-electron chi connectivity index (χ1n) is 8.50. The van der Waals surface area contributed by atoms with E-state index in [0.29, 0.717) is 0 Å². The highest BCUT2D eigenvalue weighted by Crippen LogP contribution is 2.32. The number of unbranched alkanes of at least 4 members (excludes halogenated alkanes) is 6. The number of anilines is 1. The zero-order chi connectivity index (χ0) is 15.6. The van der Waals surface area contributed by atoms with Gasteiger partial charge in [-0.2, -0.15) is 4.98 Å². The number of thiazole rings is 1. The van der Waals surface area contributed by atoms with Crippen molar-refractivity contribution < 1.29 is 9.84 Å². The molecule has 2 rings (SSSR count). The molecule has 4 nitrogen and oxygen atoms in total. The molecule has 2 heterocycles. The maximum Gasteiger partial charge on any atom is 0.231 e. The quantitative estimate of drug-likeness (QED) is 0.682. The Morgan fingerprint density at radius 2 is 1.91 bits per heavy atom. The Labute approximate surface area is 137 Å². The molecule has 1 N–H and O–H groups in total. The molecule has 0 atom stereocenters. The van der Waals surface area contributed by atoms with Crippen molar-refractivity contribution in [2.75, 3.05) is 31.2 Å². The molecule has 0 aromatic carbocycles. The minimum absolute atomic E-state index is 0.158. The van der Waals surface area contributed by atoms with Gasteiger partial charge in [-0.05, 0) is 18.9 Å². The van der Waals surface area contributed by atoms with Crippen LogP contribution in [0.5, 0.6) is 5.88 Å². The molecule has 1 aromatic rings. The number of ether oxygens (including phenoxy) is 1. The highest BCUT2D eigenvalue weighted by molar-refractivity contribution is 7.16. The Hall–Kier alpha value is -1.07. The molecule has 1 aliphatic heterocycles. The summed E-state index contributed by atoms with van der Waals surface area (Å²) in [7, 11) is 0. The van der Waals surface area contributed by atoms with Crippen molar-refractivity contribution in [1.29, 1.82) is 0 Å². The Morgan fingerprint density at radius 1 is 1.18 bits per heavy atom. The lowest BCUT2D eigenvalue weighted by atomic mass is 10.1. The first kappa shape index (κ1) is 17.3. The summed E-state index contributed by atoms with van der Waals surface area (Å²) in [5.74, 6) is 0.158. The maximum absolute atomic E-state index is 9.95. The van der Waals surface area contributed by atoms with Crippen LogP contribution in [0.25, 0.3) is 6.08 Å². The van der Waals surface area contributed by atoms with E-state index >= 15 is 0 Å². The average Bonchev–Trinajstić information content (AvgIpc) is 2.92. The van der Waals surface area contributed by atoms with Crippen LogP contribution >= 0.6 is 11.3 Å². The van der Waals surface area contributed by atoms with Gasteiger partial charge >= 0.3 is 0 Å². The molecule has 22 heavy (non-hydrogen) atoms. The van der Waals surface area contributed by atoms with Crippen LogP contribution in [-0.2, 0) is 4.74 Å². The fourth-order valence-electron chi connectivity index (χ4n) is 2.54. The first-order valence-corrected chi connectivity index (χ1v) is 9.32. The number of rotatable bonds is 9. The predicted molar refractivity (Wildman–Crippen MR) is 93.8 cm³/mol. The van der Waals surface area contributed by atoms with Crippen LogP contribution in [0.15, 0.2) is 6.08 Å². The van der Waals surface area contributed by atoms with Gasteiger partial charge in [-0.1, -0.05) is 56.4 Å². The van der Waals surface area contributed by atoms with Gasteiger partial charge in [0.05, 0.1) is 18.1 Å². The highest BCUT2D eigenvalue weighted by Gasteiger charge is 2.16. The fraction of sp³-hybridized carbons (Fsp3) is 0.706. The number of hydrogen-bond donors (Lipinski definition) is 1. The number of morpholine rings is 1. The summed E-state index contributed by atoms with van der Waals surface area (Å²) in [6, 6.07) is 0. The Morgan fingerprint density at radius 3 is 2.68 bits per heavy atom. The van der Waals surface area contributed by atoms with E-state index in [-0.39, 0.29) is 5.88 Å². The average molecular weight is 324 g/mol. The monoisotopic (exact) mass is 324 g/mol. The third-order valence-electron chi connectivity index (χ3n) is 3.90. The predicted octanol–water partition coefficient (Wildman–Crippen LogP) is 4.45. The van der Waals surface area contributed by atoms with Gasteiger partial charge in [0.2, 0.25) is 5.88 Å². The van der Waals surface area contributed by atoms with Gasteiger partial charge in [-0.25, -0.2) is 0 Å². The van der Waals surface area contributed by atoms with Crippen LogP contribution in [0, 0.1) is 0 Å². The summed E-state index contributed by atoms with van der Waals surface area (Å²) in [6.45, 7) is 5.43. The van der Waals surface area contributed by atoms with Crippen molar-refractivity contribution in [3.63, 3.8) is 0 Å². The van der Waals surface area contributed by atoms with Gasteiger partial charge in [0.1, 0.15) is 0 Å². The van der Waals surface area contributed by atoms with Crippen molar-refractivity contribution in [3.05, 3.63) is 11.0 Å². The lowest BCUT2D eigenvalue weighted by Gasteiger charge is -2.25. The van der Waals surface area contributed by atoms with Crippen LogP contribution in [0.4, 0.5) is 5.13 Å². The maximum atomic E-state index is 9.95. The Balaban J connectivity index is 1.72. The van der Waals surface area contributed by atoms with Gasteiger partial charge in [-0.3, -0.25) is 0 Å². The highest BCUT2D eigenvalue weighted by atomic mass is 32.1. The molecule has 0 spiro atoms. The first-order chi connectivity index (χ1) is 10.8. The van der Waals surface area contributed by atoms with Gasteiger partial charge in [-0.15, -0.1) is 0 Å². The lowest BCUT2D eigenvalue weighted by molar-refractivity contribution is 0.122. The van der Waals surface area contributed by atoms with Crippen molar-refractivity contribution in [1.82, 2.24) is 4.98 Å². The minimum Gasteiger partial charge on any atom is -0.492 e. The summed E-state index contributed by atoms with van der Waals surface area (Å²) in [5.41, 5.74) is 0. The number of aromatic nitrogens is 1. The van der Waals surface area contributed by atoms with Crippen molar-refractivity contribution in [2.45, 2.75) is 51.9 Å². The third kappa shape index (κ3) is 5.61. The summed E-state index contributed by atoms with van der Waals surface area (Å²) < 4.78 is 5.34. The summed E-state index contributed by atoms with van der Waals surface area (Å²) >= 11 is 1.56. The molecule has 1 aliphatic rings. The second-order valence-corrected chi connectivity index (χ2v) is 6.75.